The fourth-order valence-corrected chi connectivity index (χ4v) is 1.66. The molecular formula is C13H23N3. The highest BCUT2D eigenvalue weighted by Gasteiger charge is 2.09. The summed E-state index contributed by atoms with van der Waals surface area (Å²) in [4.78, 5) is 0. The summed E-state index contributed by atoms with van der Waals surface area (Å²) >= 11 is 0. The summed E-state index contributed by atoms with van der Waals surface area (Å²) in [6.45, 7) is 12.2. The van der Waals surface area contributed by atoms with Crippen molar-refractivity contribution in [3.8, 4) is 0 Å². The fraction of sp³-hybridized carbons (Fsp3) is 0.615. The van der Waals surface area contributed by atoms with Crippen LogP contribution in [0.15, 0.2) is 25.0 Å². The van der Waals surface area contributed by atoms with E-state index in [4.69, 9.17) is 0 Å². The quantitative estimate of drug-likeness (QED) is 0.716. The predicted molar refractivity (Wildman–Crippen MR) is 68.4 cm³/mol. The maximum absolute atomic E-state index is 4.25. The van der Waals surface area contributed by atoms with Gasteiger partial charge in [0.15, 0.2) is 0 Å². The van der Waals surface area contributed by atoms with Gasteiger partial charge in [0.25, 0.3) is 0 Å². The van der Waals surface area contributed by atoms with E-state index in [9.17, 15) is 0 Å². The van der Waals surface area contributed by atoms with Crippen LogP contribution in [-0.2, 0) is 6.54 Å². The molecule has 0 aromatic carbocycles. The minimum absolute atomic E-state index is 0.523. The number of allylic oxidation sites excluding steroid dienone is 1. The van der Waals surface area contributed by atoms with Crippen LogP contribution in [0.25, 0.3) is 0 Å². The van der Waals surface area contributed by atoms with Gasteiger partial charge in [-0.15, -0.1) is 6.58 Å². The Labute approximate surface area is 98.5 Å². The Morgan fingerprint density at radius 1 is 1.56 bits per heavy atom. The molecule has 16 heavy (non-hydrogen) atoms. The number of aryl methyl sites for hydroxylation is 1. The summed E-state index contributed by atoms with van der Waals surface area (Å²) in [5.41, 5.74) is 1.22. The Morgan fingerprint density at radius 2 is 2.31 bits per heavy atom. The average molecular weight is 221 g/mol. The van der Waals surface area contributed by atoms with E-state index in [1.54, 1.807) is 0 Å². The molecule has 1 heterocycles. The molecule has 1 N–H and O–H groups in total. The number of aromatic nitrogens is 2. The molecule has 0 fully saturated rings. The Bertz CT molecular complexity index is 317. The molecule has 3 heteroatoms. The standard InChI is InChI=1S/C13H23N3/c1-5-6-12(3)13(4)14-7-8-16-10-11(2)9-15-16/h5,9-10,12-14H,1,6-8H2,2-4H3. The summed E-state index contributed by atoms with van der Waals surface area (Å²) in [5, 5.41) is 7.77. The van der Waals surface area contributed by atoms with E-state index >= 15 is 0 Å². The van der Waals surface area contributed by atoms with Crippen molar-refractivity contribution in [2.45, 2.75) is 39.8 Å². The first-order valence-electron chi connectivity index (χ1n) is 5.96. The SMILES string of the molecule is C=CCC(C)C(C)NCCn1cc(C)cn1. The Kier molecular flexibility index (Phi) is 5.26. The van der Waals surface area contributed by atoms with Gasteiger partial charge in [0.05, 0.1) is 12.7 Å². The van der Waals surface area contributed by atoms with Crippen molar-refractivity contribution in [3.63, 3.8) is 0 Å². The Hall–Kier alpha value is -1.09. The third kappa shape index (κ3) is 4.19. The van der Waals surface area contributed by atoms with Gasteiger partial charge in [0.2, 0.25) is 0 Å². The first-order valence-corrected chi connectivity index (χ1v) is 5.96. The number of nitrogens with zero attached hydrogens (tertiary/aromatic N) is 2. The van der Waals surface area contributed by atoms with Gasteiger partial charge in [0, 0.05) is 18.8 Å². The number of hydrogen-bond donors (Lipinski definition) is 1. The van der Waals surface area contributed by atoms with Gasteiger partial charge in [0.1, 0.15) is 0 Å². The first-order chi connectivity index (χ1) is 7.63. The van der Waals surface area contributed by atoms with E-state index < -0.39 is 0 Å². The molecule has 2 unspecified atom stereocenters. The van der Waals surface area contributed by atoms with Crippen LogP contribution in [0, 0.1) is 12.8 Å². The van der Waals surface area contributed by atoms with Crippen molar-refractivity contribution in [1.82, 2.24) is 15.1 Å². The molecule has 0 aliphatic heterocycles. The van der Waals surface area contributed by atoms with Crippen molar-refractivity contribution >= 4 is 0 Å². The minimum Gasteiger partial charge on any atom is -0.312 e. The van der Waals surface area contributed by atoms with E-state index in [-0.39, 0.29) is 0 Å². The van der Waals surface area contributed by atoms with Crippen LogP contribution < -0.4 is 5.32 Å². The minimum atomic E-state index is 0.523. The molecule has 2 atom stereocenters. The summed E-state index contributed by atoms with van der Waals surface area (Å²) in [5.74, 6) is 0.636. The zero-order chi connectivity index (χ0) is 12.0. The van der Waals surface area contributed by atoms with Crippen molar-refractivity contribution in [2.75, 3.05) is 6.54 Å². The molecule has 1 rings (SSSR count). The van der Waals surface area contributed by atoms with Gasteiger partial charge < -0.3 is 5.32 Å². The predicted octanol–water partition coefficient (Wildman–Crippen LogP) is 2.38. The molecule has 90 valence electrons. The highest BCUT2D eigenvalue weighted by Crippen LogP contribution is 2.07. The van der Waals surface area contributed by atoms with Crippen molar-refractivity contribution < 1.29 is 0 Å². The molecule has 0 aliphatic carbocycles. The second kappa shape index (κ2) is 6.48. The van der Waals surface area contributed by atoms with Crippen molar-refractivity contribution in [2.24, 2.45) is 5.92 Å². The largest absolute Gasteiger partial charge is 0.312 e. The van der Waals surface area contributed by atoms with E-state index in [1.165, 1.54) is 5.56 Å². The van der Waals surface area contributed by atoms with Gasteiger partial charge >= 0.3 is 0 Å². The summed E-state index contributed by atoms with van der Waals surface area (Å²) in [6.07, 6.45) is 7.01. The molecule has 0 aliphatic rings. The number of rotatable bonds is 7. The van der Waals surface area contributed by atoms with Crippen LogP contribution in [0.2, 0.25) is 0 Å². The van der Waals surface area contributed by atoms with Crippen LogP contribution in [0.4, 0.5) is 0 Å². The number of hydrogen-bond acceptors (Lipinski definition) is 2. The third-order valence-electron chi connectivity index (χ3n) is 2.96. The van der Waals surface area contributed by atoms with E-state index in [2.05, 4.69) is 44.0 Å². The lowest BCUT2D eigenvalue weighted by atomic mass is 10.00. The lowest BCUT2D eigenvalue weighted by Gasteiger charge is -2.20. The second-order valence-electron chi connectivity index (χ2n) is 4.53. The van der Waals surface area contributed by atoms with Gasteiger partial charge in [-0.2, -0.15) is 5.10 Å². The normalized spacial score (nSPS) is 14.7. The molecular weight excluding hydrogens is 198 g/mol. The van der Waals surface area contributed by atoms with Crippen LogP contribution in [0.3, 0.4) is 0 Å². The summed E-state index contributed by atoms with van der Waals surface area (Å²) in [7, 11) is 0. The second-order valence-corrected chi connectivity index (χ2v) is 4.53. The maximum atomic E-state index is 4.25. The first kappa shape index (κ1) is 13.0. The maximum Gasteiger partial charge on any atom is 0.0534 e. The molecule has 0 saturated heterocycles. The molecule has 1 aromatic rings. The van der Waals surface area contributed by atoms with Gasteiger partial charge in [-0.25, -0.2) is 0 Å². The third-order valence-corrected chi connectivity index (χ3v) is 2.96. The van der Waals surface area contributed by atoms with Gasteiger partial charge in [-0.3, -0.25) is 4.68 Å². The molecule has 0 saturated carbocycles. The van der Waals surface area contributed by atoms with Crippen LogP contribution >= 0.6 is 0 Å². The smallest absolute Gasteiger partial charge is 0.0534 e. The molecule has 1 aromatic heterocycles. The Morgan fingerprint density at radius 3 is 2.88 bits per heavy atom. The van der Waals surface area contributed by atoms with Gasteiger partial charge in [-0.1, -0.05) is 13.0 Å². The van der Waals surface area contributed by atoms with Crippen LogP contribution in [0.1, 0.15) is 25.8 Å². The molecule has 0 bridgehead atoms. The number of nitrogens with one attached hydrogen (secondary N) is 1. The zero-order valence-corrected chi connectivity index (χ0v) is 10.6. The Balaban J connectivity index is 2.22. The highest BCUT2D eigenvalue weighted by atomic mass is 15.3. The van der Waals surface area contributed by atoms with Crippen molar-refractivity contribution in [3.05, 3.63) is 30.6 Å². The van der Waals surface area contributed by atoms with Crippen LogP contribution in [-0.4, -0.2) is 22.4 Å². The van der Waals surface area contributed by atoms with E-state index in [0.717, 1.165) is 19.5 Å². The summed E-state index contributed by atoms with van der Waals surface area (Å²) < 4.78 is 1.98. The van der Waals surface area contributed by atoms with Crippen LogP contribution in [0.5, 0.6) is 0 Å². The lowest BCUT2D eigenvalue weighted by Crippen LogP contribution is -2.34. The van der Waals surface area contributed by atoms with Gasteiger partial charge in [-0.05, 0) is 31.7 Å². The topological polar surface area (TPSA) is 29.9 Å². The highest BCUT2D eigenvalue weighted by molar-refractivity contribution is 4.99. The lowest BCUT2D eigenvalue weighted by molar-refractivity contribution is 0.390. The zero-order valence-electron chi connectivity index (χ0n) is 10.6. The molecule has 0 amide bonds. The monoisotopic (exact) mass is 221 g/mol. The average Bonchev–Trinajstić information content (AvgIpc) is 2.64. The summed E-state index contributed by atoms with van der Waals surface area (Å²) in [6, 6.07) is 0.523. The molecule has 0 radical (unpaired) electrons. The van der Waals surface area contributed by atoms with Crippen molar-refractivity contribution in [1.29, 1.82) is 0 Å². The molecule has 0 spiro atoms. The van der Waals surface area contributed by atoms with E-state index in [0.29, 0.717) is 12.0 Å². The van der Waals surface area contributed by atoms with E-state index in [1.807, 2.05) is 17.0 Å². The molecule has 3 nitrogen and oxygen atoms in total. The fourth-order valence-electron chi connectivity index (χ4n) is 1.66.